The Morgan fingerprint density at radius 3 is 1.64 bits per heavy atom. The molecule has 25 heavy (non-hydrogen) atoms. The Bertz CT molecular complexity index is 828. The molecule has 3 aromatic rings. The Labute approximate surface area is 148 Å². The monoisotopic (exact) mass is 324 g/mol. The van der Waals surface area contributed by atoms with E-state index in [0.29, 0.717) is 0 Å². The molecule has 1 aliphatic carbocycles. The second-order valence-electron chi connectivity index (χ2n) is 6.17. The smallest absolute Gasteiger partial charge is 0.142 e. The number of hydrogen-bond donors (Lipinski definition) is 0. The molecule has 1 fully saturated rings. The number of fused-ring (bicyclic) bond motifs is 1. The Kier molecular flexibility index (Phi) is 4.32. The third-order valence-electron chi connectivity index (χ3n) is 4.53. The highest BCUT2D eigenvalue weighted by Crippen LogP contribution is 2.49. The Balaban J connectivity index is 0.000000126. The van der Waals surface area contributed by atoms with Crippen LogP contribution in [-0.2, 0) is 10.3 Å². The third-order valence-corrected chi connectivity index (χ3v) is 4.53. The van der Waals surface area contributed by atoms with Crippen molar-refractivity contribution in [2.75, 3.05) is 0 Å². The molecule has 2 unspecified atom stereocenters. The van der Waals surface area contributed by atoms with Crippen LogP contribution in [0.3, 0.4) is 0 Å². The van der Waals surface area contributed by atoms with Gasteiger partial charge in [-0.25, -0.2) is 0 Å². The molecule has 0 N–H and O–H groups in total. The number of epoxide rings is 1. The normalized spacial score (nSPS) is 22.5. The lowest BCUT2D eigenvalue weighted by Gasteiger charge is -2.08. The molecule has 1 nitrogen and oxygen atoms in total. The maximum Gasteiger partial charge on any atom is 0.142 e. The van der Waals surface area contributed by atoms with Crippen LogP contribution < -0.4 is 0 Å². The standard InChI is InChI=1S/C12H10O.C12H10/c1-2-6-10(7-3-1)12-9-5-4-8-11(12)13-12;1-3-7-11(8-4-1)12-9-5-2-6-10-12/h1-9,11H;1-10H. The lowest BCUT2D eigenvalue weighted by molar-refractivity contribution is 0.346. The van der Waals surface area contributed by atoms with Crippen molar-refractivity contribution in [1.82, 2.24) is 0 Å². The molecular weight excluding hydrogens is 304 g/mol. The van der Waals surface area contributed by atoms with Crippen LogP contribution in [0.25, 0.3) is 11.1 Å². The van der Waals surface area contributed by atoms with E-state index in [9.17, 15) is 0 Å². The first-order valence-corrected chi connectivity index (χ1v) is 8.58. The summed E-state index contributed by atoms with van der Waals surface area (Å²) in [6.45, 7) is 0. The van der Waals surface area contributed by atoms with Gasteiger partial charge in [0.25, 0.3) is 0 Å². The molecule has 5 rings (SSSR count). The van der Waals surface area contributed by atoms with Crippen LogP contribution >= 0.6 is 0 Å². The van der Waals surface area contributed by atoms with Gasteiger partial charge in [0, 0.05) is 0 Å². The summed E-state index contributed by atoms with van der Waals surface area (Å²) in [4.78, 5) is 0. The minimum atomic E-state index is -0.129. The van der Waals surface area contributed by atoms with Crippen molar-refractivity contribution in [3.05, 3.63) is 121 Å². The highest BCUT2D eigenvalue weighted by atomic mass is 16.6. The van der Waals surface area contributed by atoms with Gasteiger partial charge in [-0.1, -0.05) is 109 Å². The number of allylic oxidation sites excluding steroid dienone is 2. The van der Waals surface area contributed by atoms with Crippen molar-refractivity contribution in [2.24, 2.45) is 0 Å². The van der Waals surface area contributed by atoms with Crippen LogP contribution in [0.4, 0.5) is 0 Å². The average molecular weight is 324 g/mol. The summed E-state index contributed by atoms with van der Waals surface area (Å²) in [5.41, 5.74) is 3.67. The fraction of sp³-hybridized carbons (Fsp3) is 0.0833. The minimum Gasteiger partial charge on any atom is -0.352 e. The summed E-state index contributed by atoms with van der Waals surface area (Å²) in [5.74, 6) is 0. The number of rotatable bonds is 2. The number of ether oxygens (including phenoxy) is 1. The van der Waals surface area contributed by atoms with Crippen molar-refractivity contribution in [3.8, 4) is 11.1 Å². The number of hydrogen-bond acceptors (Lipinski definition) is 1. The second-order valence-corrected chi connectivity index (χ2v) is 6.17. The van der Waals surface area contributed by atoms with Crippen molar-refractivity contribution in [3.63, 3.8) is 0 Å². The van der Waals surface area contributed by atoms with Gasteiger partial charge in [-0.15, -0.1) is 0 Å². The van der Waals surface area contributed by atoms with Crippen LogP contribution in [0.15, 0.2) is 115 Å². The minimum absolute atomic E-state index is 0.129. The van der Waals surface area contributed by atoms with E-state index in [0.717, 1.165) is 0 Å². The van der Waals surface area contributed by atoms with Crippen LogP contribution in [0, 0.1) is 0 Å². The van der Waals surface area contributed by atoms with Crippen LogP contribution in [0.1, 0.15) is 5.56 Å². The fourth-order valence-corrected chi connectivity index (χ4v) is 3.14. The predicted octanol–water partition coefficient (Wildman–Crippen LogP) is 5.76. The molecule has 0 aromatic heterocycles. The first-order chi connectivity index (χ1) is 12.4. The van der Waals surface area contributed by atoms with Gasteiger partial charge in [0.15, 0.2) is 0 Å². The van der Waals surface area contributed by atoms with E-state index in [1.807, 2.05) is 24.3 Å². The van der Waals surface area contributed by atoms with E-state index < -0.39 is 0 Å². The van der Waals surface area contributed by atoms with E-state index in [1.54, 1.807) is 0 Å². The summed E-state index contributed by atoms with van der Waals surface area (Å²) < 4.78 is 5.68. The molecule has 1 saturated heterocycles. The maximum atomic E-state index is 5.68. The van der Waals surface area contributed by atoms with Crippen molar-refractivity contribution in [2.45, 2.75) is 11.7 Å². The zero-order valence-corrected chi connectivity index (χ0v) is 14.0. The zero-order valence-electron chi connectivity index (χ0n) is 14.0. The van der Waals surface area contributed by atoms with Gasteiger partial charge in [-0.3, -0.25) is 0 Å². The summed E-state index contributed by atoms with van der Waals surface area (Å²) in [7, 11) is 0. The average Bonchev–Trinajstić information content (AvgIpc) is 3.47. The highest BCUT2D eigenvalue weighted by Gasteiger charge is 2.54. The van der Waals surface area contributed by atoms with E-state index in [4.69, 9.17) is 4.74 Å². The Morgan fingerprint density at radius 2 is 1.12 bits per heavy atom. The highest BCUT2D eigenvalue weighted by molar-refractivity contribution is 5.62. The van der Waals surface area contributed by atoms with Gasteiger partial charge in [0.2, 0.25) is 0 Å². The Morgan fingerprint density at radius 1 is 0.600 bits per heavy atom. The van der Waals surface area contributed by atoms with E-state index in [-0.39, 0.29) is 11.7 Å². The fourth-order valence-electron chi connectivity index (χ4n) is 3.14. The lowest BCUT2D eigenvalue weighted by Crippen LogP contribution is -2.09. The largest absolute Gasteiger partial charge is 0.352 e. The molecule has 1 heterocycles. The van der Waals surface area contributed by atoms with Crippen molar-refractivity contribution in [1.29, 1.82) is 0 Å². The molecule has 0 bridgehead atoms. The third kappa shape index (κ3) is 3.33. The van der Waals surface area contributed by atoms with E-state index in [2.05, 4.69) is 91.0 Å². The Hall–Kier alpha value is -2.90. The molecule has 0 saturated carbocycles. The van der Waals surface area contributed by atoms with Gasteiger partial charge in [-0.05, 0) is 22.8 Å². The first-order valence-electron chi connectivity index (χ1n) is 8.58. The van der Waals surface area contributed by atoms with Gasteiger partial charge < -0.3 is 4.74 Å². The lowest BCUT2D eigenvalue weighted by atomic mass is 9.92. The summed E-state index contributed by atoms with van der Waals surface area (Å²) >= 11 is 0. The molecular formula is C24H20O. The predicted molar refractivity (Wildman–Crippen MR) is 103 cm³/mol. The quantitative estimate of drug-likeness (QED) is 0.546. The molecule has 3 aromatic carbocycles. The van der Waals surface area contributed by atoms with Crippen molar-refractivity contribution < 1.29 is 4.74 Å². The summed E-state index contributed by atoms with van der Waals surface area (Å²) in [6, 6.07) is 31.1. The first kappa shape index (κ1) is 15.6. The maximum absolute atomic E-state index is 5.68. The van der Waals surface area contributed by atoms with Gasteiger partial charge in [0.1, 0.15) is 11.7 Å². The zero-order chi connectivity index (χ0) is 17.0. The van der Waals surface area contributed by atoms with Crippen LogP contribution in [0.2, 0.25) is 0 Å². The molecule has 2 atom stereocenters. The molecule has 1 aliphatic heterocycles. The van der Waals surface area contributed by atoms with Crippen LogP contribution in [0.5, 0.6) is 0 Å². The molecule has 0 amide bonds. The van der Waals surface area contributed by atoms with E-state index >= 15 is 0 Å². The van der Waals surface area contributed by atoms with Gasteiger partial charge in [-0.2, -0.15) is 0 Å². The SMILES string of the molecule is C1=CC2OC2(c2ccccc2)C=C1.c1ccc(-c2ccccc2)cc1. The molecule has 0 spiro atoms. The van der Waals surface area contributed by atoms with Gasteiger partial charge >= 0.3 is 0 Å². The number of benzene rings is 3. The molecule has 0 radical (unpaired) electrons. The van der Waals surface area contributed by atoms with Crippen molar-refractivity contribution >= 4 is 0 Å². The molecule has 122 valence electrons. The summed E-state index contributed by atoms with van der Waals surface area (Å²) in [6.07, 6.45) is 8.59. The topological polar surface area (TPSA) is 12.5 Å². The molecule has 2 aliphatic rings. The van der Waals surface area contributed by atoms with Gasteiger partial charge in [0.05, 0.1) is 0 Å². The summed E-state index contributed by atoms with van der Waals surface area (Å²) in [5, 5.41) is 0. The molecule has 1 heteroatoms. The van der Waals surface area contributed by atoms with Crippen LogP contribution in [-0.4, -0.2) is 6.10 Å². The second kappa shape index (κ2) is 6.92. The van der Waals surface area contributed by atoms with E-state index in [1.165, 1.54) is 16.7 Å².